The van der Waals surface area contributed by atoms with Gasteiger partial charge in [-0.15, -0.1) is 11.3 Å². The number of thioether (sulfide) groups is 1. The van der Waals surface area contributed by atoms with Crippen molar-refractivity contribution in [2.75, 3.05) is 5.32 Å². The molecule has 9 heteroatoms. The van der Waals surface area contributed by atoms with Crippen LogP contribution in [0.1, 0.15) is 6.92 Å². The molecule has 0 fully saturated rings. The predicted molar refractivity (Wildman–Crippen MR) is 105 cm³/mol. The monoisotopic (exact) mass is 417 g/mol. The molecule has 2 heterocycles. The molecule has 1 atom stereocenters. The smallest absolute Gasteiger partial charge is 0.257 e. The van der Waals surface area contributed by atoms with E-state index in [2.05, 4.69) is 15.3 Å². The molecule has 0 saturated heterocycles. The molecule has 0 aliphatic heterocycles. The molecule has 1 amide bonds. The third kappa shape index (κ3) is 3.90. The molecule has 142 valence electrons. The summed E-state index contributed by atoms with van der Waals surface area (Å²) < 4.78 is 32.1. The van der Waals surface area contributed by atoms with Crippen molar-refractivity contribution in [2.24, 2.45) is 0 Å². The third-order valence-electron chi connectivity index (χ3n) is 3.87. The van der Waals surface area contributed by atoms with Crippen LogP contribution >= 0.6 is 23.1 Å². The second-order valence-electron chi connectivity index (χ2n) is 5.86. The van der Waals surface area contributed by atoms with E-state index >= 15 is 0 Å². The van der Waals surface area contributed by atoms with Gasteiger partial charge >= 0.3 is 0 Å². The number of nitrogens with zero attached hydrogens (tertiary/aromatic N) is 2. The number of fused-ring (bicyclic) bond motifs is 1. The van der Waals surface area contributed by atoms with E-state index in [0.29, 0.717) is 27.2 Å². The second kappa shape index (κ2) is 7.69. The molecule has 4 aromatic rings. The number of thiazole rings is 1. The van der Waals surface area contributed by atoms with Crippen LogP contribution in [0.5, 0.6) is 0 Å². The van der Waals surface area contributed by atoms with Gasteiger partial charge in [0.05, 0.1) is 10.9 Å². The van der Waals surface area contributed by atoms with Crippen LogP contribution < -0.4 is 5.32 Å². The molecule has 0 aliphatic carbocycles. The zero-order valence-corrected chi connectivity index (χ0v) is 16.1. The van der Waals surface area contributed by atoms with Crippen molar-refractivity contribution in [3.05, 3.63) is 59.5 Å². The van der Waals surface area contributed by atoms with Gasteiger partial charge in [0.15, 0.2) is 22.3 Å². The molecule has 1 N–H and O–H groups in total. The van der Waals surface area contributed by atoms with Gasteiger partial charge in [-0.1, -0.05) is 23.9 Å². The Hall–Kier alpha value is -2.78. The summed E-state index contributed by atoms with van der Waals surface area (Å²) in [5.41, 5.74) is 2.28. The van der Waals surface area contributed by atoms with Crippen molar-refractivity contribution < 1.29 is 18.0 Å². The minimum Gasteiger partial charge on any atom is -0.431 e. The lowest BCUT2D eigenvalue weighted by Crippen LogP contribution is -2.22. The topological polar surface area (TPSA) is 68.0 Å². The Balaban J connectivity index is 1.43. The lowest BCUT2D eigenvalue weighted by molar-refractivity contribution is -0.115. The first-order valence-corrected chi connectivity index (χ1v) is 9.99. The minimum atomic E-state index is -0.945. The van der Waals surface area contributed by atoms with E-state index in [-0.39, 0.29) is 5.91 Å². The highest BCUT2D eigenvalue weighted by molar-refractivity contribution is 8.00. The van der Waals surface area contributed by atoms with Crippen LogP contribution in [0.4, 0.5) is 13.9 Å². The fourth-order valence-corrected chi connectivity index (χ4v) is 3.91. The van der Waals surface area contributed by atoms with E-state index in [1.165, 1.54) is 29.2 Å². The van der Waals surface area contributed by atoms with Crippen LogP contribution in [-0.2, 0) is 4.79 Å². The zero-order valence-electron chi connectivity index (χ0n) is 14.5. The second-order valence-corrected chi connectivity index (χ2v) is 8.01. The van der Waals surface area contributed by atoms with E-state index in [0.717, 1.165) is 17.6 Å². The zero-order chi connectivity index (χ0) is 19.7. The number of aromatic nitrogens is 2. The summed E-state index contributed by atoms with van der Waals surface area (Å²) in [6.07, 6.45) is 0. The van der Waals surface area contributed by atoms with E-state index in [1.54, 1.807) is 12.3 Å². The van der Waals surface area contributed by atoms with Crippen molar-refractivity contribution in [1.29, 1.82) is 0 Å². The van der Waals surface area contributed by atoms with Crippen LogP contribution in [-0.4, -0.2) is 21.1 Å². The van der Waals surface area contributed by atoms with Crippen molar-refractivity contribution in [3.8, 4) is 11.3 Å². The first-order chi connectivity index (χ1) is 13.5. The summed E-state index contributed by atoms with van der Waals surface area (Å²) in [6, 6.07) is 10.9. The number of anilines is 1. The molecule has 0 spiro atoms. The van der Waals surface area contributed by atoms with E-state index < -0.39 is 16.9 Å². The highest BCUT2D eigenvalue weighted by Gasteiger charge is 2.19. The molecular weight excluding hydrogens is 404 g/mol. The summed E-state index contributed by atoms with van der Waals surface area (Å²) in [7, 11) is 0. The number of amides is 1. The molecule has 0 bridgehead atoms. The molecular formula is C19H13F2N3O2S2. The maximum atomic E-state index is 13.4. The van der Waals surface area contributed by atoms with Gasteiger partial charge in [0.2, 0.25) is 5.91 Å². The SMILES string of the molecule is C[C@H](Sc1nc2ccccc2o1)C(=O)Nc1nc(-c2ccc(F)c(F)c2)cs1. The van der Waals surface area contributed by atoms with Gasteiger partial charge in [0.1, 0.15) is 5.52 Å². The van der Waals surface area contributed by atoms with Crippen LogP contribution in [0.15, 0.2) is 57.5 Å². The van der Waals surface area contributed by atoms with E-state index in [9.17, 15) is 13.6 Å². The average Bonchev–Trinajstić information content (AvgIpc) is 3.30. The molecule has 4 rings (SSSR count). The van der Waals surface area contributed by atoms with Gasteiger partial charge in [-0.25, -0.2) is 18.7 Å². The van der Waals surface area contributed by atoms with Crippen LogP contribution in [0.25, 0.3) is 22.4 Å². The van der Waals surface area contributed by atoms with Crippen LogP contribution in [0, 0.1) is 11.6 Å². The van der Waals surface area contributed by atoms with Crippen molar-refractivity contribution >= 4 is 45.2 Å². The number of benzene rings is 2. The summed E-state index contributed by atoms with van der Waals surface area (Å²) in [4.78, 5) is 21.0. The lowest BCUT2D eigenvalue weighted by Gasteiger charge is -2.07. The Kier molecular flexibility index (Phi) is 5.10. The van der Waals surface area contributed by atoms with Gasteiger partial charge in [0.25, 0.3) is 5.22 Å². The number of oxazole rings is 1. The fourth-order valence-electron chi connectivity index (χ4n) is 2.43. The number of nitrogens with one attached hydrogen (secondary N) is 1. The fraction of sp³-hybridized carbons (Fsp3) is 0.105. The molecule has 5 nitrogen and oxygen atoms in total. The Morgan fingerprint density at radius 2 is 2.00 bits per heavy atom. The largest absolute Gasteiger partial charge is 0.431 e. The van der Waals surface area contributed by atoms with E-state index in [1.807, 2.05) is 24.3 Å². The molecule has 2 aromatic carbocycles. The van der Waals surface area contributed by atoms with Gasteiger partial charge in [0, 0.05) is 10.9 Å². The number of halogens is 2. The molecule has 0 unspecified atom stereocenters. The first kappa shape index (κ1) is 18.6. The minimum absolute atomic E-state index is 0.265. The normalized spacial score (nSPS) is 12.2. The number of hydrogen-bond donors (Lipinski definition) is 1. The number of hydrogen-bond acceptors (Lipinski definition) is 6. The lowest BCUT2D eigenvalue weighted by atomic mass is 10.2. The molecule has 0 aliphatic rings. The average molecular weight is 417 g/mol. The highest BCUT2D eigenvalue weighted by Crippen LogP contribution is 2.29. The summed E-state index contributed by atoms with van der Waals surface area (Å²) >= 11 is 2.40. The Labute approximate surface area is 166 Å². The van der Waals surface area contributed by atoms with Gasteiger partial charge in [-0.05, 0) is 37.3 Å². The summed E-state index contributed by atoms with van der Waals surface area (Å²) in [5, 5.41) is 4.70. The quantitative estimate of drug-likeness (QED) is 0.444. The molecule has 28 heavy (non-hydrogen) atoms. The number of carbonyl (C=O) groups is 1. The van der Waals surface area contributed by atoms with Crippen molar-refractivity contribution in [1.82, 2.24) is 9.97 Å². The van der Waals surface area contributed by atoms with Crippen molar-refractivity contribution in [3.63, 3.8) is 0 Å². The number of rotatable bonds is 5. The Bertz CT molecular complexity index is 1130. The predicted octanol–water partition coefficient (Wildman–Crippen LogP) is 5.35. The summed E-state index contributed by atoms with van der Waals surface area (Å²) in [5.74, 6) is -2.13. The number of carbonyl (C=O) groups excluding carboxylic acids is 1. The van der Waals surface area contributed by atoms with Gasteiger partial charge in [-0.2, -0.15) is 0 Å². The molecule has 0 radical (unpaired) electrons. The van der Waals surface area contributed by atoms with Crippen LogP contribution in [0.2, 0.25) is 0 Å². The first-order valence-electron chi connectivity index (χ1n) is 8.23. The van der Waals surface area contributed by atoms with Gasteiger partial charge < -0.3 is 9.73 Å². The standard InChI is InChI=1S/C19H13F2N3O2S2/c1-10(28-19-23-14-4-2-3-5-16(14)26-19)17(25)24-18-22-15(9-27-18)11-6-7-12(20)13(21)8-11/h2-10H,1H3,(H,22,24,25)/t10-/m0/s1. The summed E-state index contributed by atoms with van der Waals surface area (Å²) in [6.45, 7) is 1.73. The van der Waals surface area contributed by atoms with Crippen molar-refractivity contribution in [2.45, 2.75) is 17.4 Å². The number of para-hydroxylation sites is 2. The van der Waals surface area contributed by atoms with Crippen LogP contribution in [0.3, 0.4) is 0 Å². The molecule has 2 aromatic heterocycles. The maximum Gasteiger partial charge on any atom is 0.257 e. The van der Waals surface area contributed by atoms with Gasteiger partial charge in [-0.3, -0.25) is 4.79 Å². The third-order valence-corrected chi connectivity index (χ3v) is 5.57. The maximum absolute atomic E-state index is 13.4. The molecule has 0 saturated carbocycles. The Morgan fingerprint density at radius 3 is 2.79 bits per heavy atom. The van der Waals surface area contributed by atoms with E-state index in [4.69, 9.17) is 4.42 Å². The highest BCUT2D eigenvalue weighted by atomic mass is 32.2. The Morgan fingerprint density at radius 1 is 1.18 bits per heavy atom.